The van der Waals surface area contributed by atoms with Crippen molar-refractivity contribution in [3.8, 4) is 12.3 Å². The maximum atomic E-state index is 10.9. The van der Waals surface area contributed by atoms with Crippen molar-refractivity contribution in [3.63, 3.8) is 0 Å². The van der Waals surface area contributed by atoms with Crippen LogP contribution in [0.2, 0.25) is 0 Å². The van der Waals surface area contributed by atoms with Crippen LogP contribution in [0.15, 0.2) is 0 Å². The van der Waals surface area contributed by atoms with Crippen molar-refractivity contribution in [2.75, 3.05) is 0 Å². The second-order valence-electron chi connectivity index (χ2n) is 2.65. The van der Waals surface area contributed by atoms with E-state index in [-0.39, 0.29) is 24.8 Å². The molecule has 0 spiro atoms. The van der Waals surface area contributed by atoms with Gasteiger partial charge in [0.05, 0.1) is 12.8 Å². The molecule has 1 atom stereocenters. The molecule has 0 saturated heterocycles. The third-order valence-electron chi connectivity index (χ3n) is 1.54. The van der Waals surface area contributed by atoms with E-state index in [4.69, 9.17) is 11.5 Å². The molecule has 4 nitrogen and oxygen atoms in total. The molecule has 0 aliphatic carbocycles. The SMILES string of the molecule is C#CCC(=O)NC(CC)CC(=O)O. The maximum absolute atomic E-state index is 10.9. The summed E-state index contributed by atoms with van der Waals surface area (Å²) in [4.78, 5) is 21.3. The van der Waals surface area contributed by atoms with Crippen molar-refractivity contribution in [2.45, 2.75) is 32.2 Å². The van der Waals surface area contributed by atoms with Gasteiger partial charge in [-0.3, -0.25) is 9.59 Å². The van der Waals surface area contributed by atoms with Gasteiger partial charge in [0, 0.05) is 6.04 Å². The summed E-state index contributed by atoms with van der Waals surface area (Å²) >= 11 is 0. The Morgan fingerprint density at radius 3 is 2.62 bits per heavy atom. The molecule has 13 heavy (non-hydrogen) atoms. The molecule has 1 amide bonds. The minimum absolute atomic E-state index is 0.00385. The summed E-state index contributed by atoms with van der Waals surface area (Å²) in [6.45, 7) is 1.81. The molecule has 0 rings (SSSR count). The number of carboxylic acid groups (broad SMARTS) is 1. The normalized spacial score (nSPS) is 11.4. The third-order valence-corrected chi connectivity index (χ3v) is 1.54. The minimum Gasteiger partial charge on any atom is -0.481 e. The van der Waals surface area contributed by atoms with Crippen LogP contribution in [0.4, 0.5) is 0 Å². The van der Waals surface area contributed by atoms with Gasteiger partial charge in [-0.1, -0.05) is 12.8 Å². The van der Waals surface area contributed by atoms with Gasteiger partial charge >= 0.3 is 5.97 Å². The molecule has 0 aromatic heterocycles. The lowest BCUT2D eigenvalue weighted by Gasteiger charge is -2.13. The molecular weight excluding hydrogens is 170 g/mol. The highest BCUT2D eigenvalue weighted by Gasteiger charge is 2.12. The van der Waals surface area contributed by atoms with Crippen LogP contribution in [-0.4, -0.2) is 23.0 Å². The average molecular weight is 183 g/mol. The highest BCUT2D eigenvalue weighted by molar-refractivity contribution is 5.79. The fourth-order valence-corrected chi connectivity index (χ4v) is 0.880. The van der Waals surface area contributed by atoms with Crippen molar-refractivity contribution in [1.82, 2.24) is 5.32 Å². The Balaban J connectivity index is 3.91. The summed E-state index contributed by atoms with van der Waals surface area (Å²) in [6, 6.07) is -0.321. The number of hydrogen-bond donors (Lipinski definition) is 2. The van der Waals surface area contributed by atoms with Gasteiger partial charge in [-0.2, -0.15) is 0 Å². The van der Waals surface area contributed by atoms with Crippen LogP contribution < -0.4 is 5.32 Å². The van der Waals surface area contributed by atoms with Crippen LogP contribution in [0.3, 0.4) is 0 Å². The number of aliphatic carboxylic acids is 1. The molecule has 0 fully saturated rings. The number of terminal acetylenes is 1. The molecule has 4 heteroatoms. The Kier molecular flexibility index (Phi) is 5.37. The smallest absolute Gasteiger partial charge is 0.305 e. The van der Waals surface area contributed by atoms with Gasteiger partial charge in [0.2, 0.25) is 5.91 Å². The third kappa shape index (κ3) is 5.74. The second kappa shape index (κ2) is 6.06. The number of carbonyl (C=O) groups is 2. The van der Waals surface area contributed by atoms with E-state index in [1.54, 1.807) is 0 Å². The highest BCUT2D eigenvalue weighted by Crippen LogP contribution is 1.97. The van der Waals surface area contributed by atoms with Crippen LogP contribution >= 0.6 is 0 Å². The minimum atomic E-state index is -0.923. The maximum Gasteiger partial charge on any atom is 0.305 e. The highest BCUT2D eigenvalue weighted by atomic mass is 16.4. The van der Waals surface area contributed by atoms with Gasteiger partial charge in [0.1, 0.15) is 0 Å². The van der Waals surface area contributed by atoms with E-state index in [2.05, 4.69) is 11.2 Å². The first-order valence-electron chi connectivity index (χ1n) is 4.04. The number of carbonyl (C=O) groups excluding carboxylic acids is 1. The van der Waals surface area contributed by atoms with Crippen molar-refractivity contribution in [3.05, 3.63) is 0 Å². The zero-order valence-electron chi connectivity index (χ0n) is 7.54. The van der Waals surface area contributed by atoms with Crippen LogP contribution in [0.5, 0.6) is 0 Å². The Bertz CT molecular complexity index is 230. The van der Waals surface area contributed by atoms with Gasteiger partial charge < -0.3 is 10.4 Å². The molecule has 0 saturated carbocycles. The molecule has 2 N–H and O–H groups in total. The molecular formula is C9H13NO3. The Morgan fingerprint density at radius 2 is 2.23 bits per heavy atom. The molecule has 0 heterocycles. The van der Waals surface area contributed by atoms with Crippen molar-refractivity contribution >= 4 is 11.9 Å². The first-order valence-corrected chi connectivity index (χ1v) is 4.04. The van der Waals surface area contributed by atoms with Crippen LogP contribution in [-0.2, 0) is 9.59 Å². The number of hydrogen-bond acceptors (Lipinski definition) is 2. The number of amides is 1. The Labute approximate surface area is 77.3 Å². The first kappa shape index (κ1) is 11.5. The van der Waals surface area contributed by atoms with Crippen LogP contribution in [0.25, 0.3) is 0 Å². The lowest BCUT2D eigenvalue weighted by molar-refractivity contribution is -0.137. The molecule has 1 unspecified atom stereocenters. The Morgan fingerprint density at radius 1 is 1.62 bits per heavy atom. The van der Waals surface area contributed by atoms with Gasteiger partial charge in [0.15, 0.2) is 0 Å². The van der Waals surface area contributed by atoms with Gasteiger partial charge in [-0.15, -0.1) is 6.42 Å². The summed E-state index contributed by atoms with van der Waals surface area (Å²) in [7, 11) is 0. The van der Waals surface area contributed by atoms with E-state index in [1.807, 2.05) is 6.92 Å². The molecule has 0 aliphatic heterocycles. The van der Waals surface area contributed by atoms with E-state index >= 15 is 0 Å². The van der Waals surface area contributed by atoms with Crippen molar-refractivity contribution in [2.24, 2.45) is 0 Å². The van der Waals surface area contributed by atoms with E-state index in [9.17, 15) is 9.59 Å². The first-order chi connectivity index (χ1) is 6.10. The fourth-order valence-electron chi connectivity index (χ4n) is 0.880. The average Bonchev–Trinajstić information content (AvgIpc) is 2.02. The number of carboxylic acids is 1. The van der Waals surface area contributed by atoms with Crippen molar-refractivity contribution < 1.29 is 14.7 Å². The van der Waals surface area contributed by atoms with Gasteiger partial charge in [0.25, 0.3) is 0 Å². The van der Waals surface area contributed by atoms with E-state index in [0.717, 1.165) is 0 Å². The summed E-state index contributed by atoms with van der Waals surface area (Å²) in [5.41, 5.74) is 0. The zero-order valence-corrected chi connectivity index (χ0v) is 7.54. The predicted molar refractivity (Wildman–Crippen MR) is 47.9 cm³/mol. The lowest BCUT2D eigenvalue weighted by atomic mass is 10.1. The van der Waals surface area contributed by atoms with Crippen molar-refractivity contribution in [1.29, 1.82) is 0 Å². The van der Waals surface area contributed by atoms with E-state index < -0.39 is 5.97 Å². The molecule has 0 radical (unpaired) electrons. The molecule has 0 aromatic carbocycles. The lowest BCUT2D eigenvalue weighted by Crippen LogP contribution is -2.35. The quantitative estimate of drug-likeness (QED) is 0.605. The predicted octanol–water partition coefficient (Wildman–Crippen LogP) is 0.379. The molecule has 0 aromatic rings. The molecule has 0 bridgehead atoms. The zero-order chi connectivity index (χ0) is 10.3. The number of rotatable bonds is 5. The standard InChI is InChI=1S/C9H13NO3/c1-3-5-8(11)10-7(4-2)6-9(12)13/h1,7H,4-6H2,2H3,(H,10,11)(H,12,13). The topological polar surface area (TPSA) is 66.4 Å². The van der Waals surface area contributed by atoms with Gasteiger partial charge in [-0.05, 0) is 6.42 Å². The van der Waals surface area contributed by atoms with E-state index in [0.29, 0.717) is 6.42 Å². The summed E-state index contributed by atoms with van der Waals surface area (Å²) < 4.78 is 0. The Hall–Kier alpha value is -1.50. The fraction of sp³-hybridized carbons (Fsp3) is 0.556. The van der Waals surface area contributed by atoms with E-state index in [1.165, 1.54) is 0 Å². The molecule has 72 valence electrons. The number of nitrogens with one attached hydrogen (secondary N) is 1. The second-order valence-corrected chi connectivity index (χ2v) is 2.65. The summed E-state index contributed by atoms with van der Waals surface area (Å²) in [6.07, 6.45) is 5.44. The van der Waals surface area contributed by atoms with Crippen LogP contribution in [0, 0.1) is 12.3 Å². The monoisotopic (exact) mass is 183 g/mol. The summed E-state index contributed by atoms with van der Waals surface area (Å²) in [5.74, 6) is 0.972. The molecule has 0 aliphatic rings. The van der Waals surface area contributed by atoms with Crippen LogP contribution in [0.1, 0.15) is 26.2 Å². The summed E-state index contributed by atoms with van der Waals surface area (Å²) in [5, 5.41) is 11.0. The van der Waals surface area contributed by atoms with Gasteiger partial charge in [-0.25, -0.2) is 0 Å². The largest absolute Gasteiger partial charge is 0.481 e.